The van der Waals surface area contributed by atoms with E-state index < -0.39 is 38.9 Å². The van der Waals surface area contributed by atoms with E-state index in [-0.39, 0.29) is 17.7 Å². The second-order valence-corrected chi connectivity index (χ2v) is 6.61. The van der Waals surface area contributed by atoms with Gasteiger partial charge in [0.25, 0.3) is 17.3 Å². The molecule has 0 bridgehead atoms. The standard InChI is InChI=1S/C11H11N3O5.C8H7F3O/c15-11(12-3-1-2-4-12)8-5-9(13(16)17)7-10(6-8)14(18)19;9-8(10,11)7-3-1-2-6(4-7)5-12/h5-7H,1-4H2;1-4,12H,5H2. The normalized spacial score (nSPS) is 13.4. The Morgan fingerprint density at radius 1 is 1.00 bits per heavy atom. The van der Waals surface area contributed by atoms with E-state index in [0.717, 1.165) is 43.2 Å². The molecule has 12 heteroatoms. The maximum Gasteiger partial charge on any atom is 0.416 e. The van der Waals surface area contributed by atoms with Gasteiger partial charge in [-0.25, -0.2) is 0 Å². The number of rotatable bonds is 4. The molecule has 0 saturated carbocycles. The zero-order chi connectivity index (χ0) is 23.2. The summed E-state index contributed by atoms with van der Waals surface area (Å²) in [6.45, 7) is 0.786. The smallest absolute Gasteiger partial charge is 0.392 e. The Bertz CT molecular complexity index is 942. The van der Waals surface area contributed by atoms with E-state index in [2.05, 4.69) is 0 Å². The lowest BCUT2D eigenvalue weighted by atomic mass is 10.1. The zero-order valence-corrected chi connectivity index (χ0v) is 16.0. The maximum atomic E-state index is 12.1. The van der Waals surface area contributed by atoms with Crippen molar-refractivity contribution in [3.63, 3.8) is 0 Å². The number of aliphatic hydroxyl groups is 1. The first kappa shape index (κ1) is 23.7. The third kappa shape index (κ3) is 6.47. The van der Waals surface area contributed by atoms with Crippen LogP contribution in [0.1, 0.15) is 34.3 Å². The summed E-state index contributed by atoms with van der Waals surface area (Å²) in [4.78, 5) is 33.6. The largest absolute Gasteiger partial charge is 0.416 e. The number of carbonyl (C=O) groups excluding carboxylic acids is 1. The third-order valence-electron chi connectivity index (χ3n) is 4.40. The number of benzene rings is 2. The van der Waals surface area contributed by atoms with Gasteiger partial charge in [0.05, 0.1) is 33.6 Å². The van der Waals surface area contributed by atoms with Crippen LogP contribution in [0.3, 0.4) is 0 Å². The van der Waals surface area contributed by atoms with Crippen LogP contribution in [-0.4, -0.2) is 38.8 Å². The number of non-ortho nitro benzene ring substituents is 2. The second kappa shape index (κ2) is 9.98. The molecule has 0 radical (unpaired) electrons. The molecule has 1 heterocycles. The average molecular weight is 441 g/mol. The lowest BCUT2D eigenvalue weighted by molar-refractivity contribution is -0.394. The van der Waals surface area contributed by atoms with Gasteiger partial charge in [0.1, 0.15) is 0 Å². The Kier molecular flexibility index (Phi) is 7.64. The minimum absolute atomic E-state index is 0.0113. The van der Waals surface area contributed by atoms with Crippen LogP contribution in [0.5, 0.6) is 0 Å². The molecule has 0 unspecified atom stereocenters. The number of likely N-dealkylation sites (tertiary alicyclic amines) is 1. The molecule has 1 fully saturated rings. The molecule has 1 aliphatic rings. The summed E-state index contributed by atoms with van der Waals surface area (Å²) in [6, 6.07) is 7.62. The number of nitrogens with zero attached hydrogens (tertiary/aromatic N) is 3. The molecule has 0 spiro atoms. The third-order valence-corrected chi connectivity index (χ3v) is 4.40. The summed E-state index contributed by atoms with van der Waals surface area (Å²) in [5, 5.41) is 30.0. The molecule has 3 rings (SSSR count). The molecule has 31 heavy (non-hydrogen) atoms. The fourth-order valence-corrected chi connectivity index (χ4v) is 2.88. The summed E-state index contributed by atoms with van der Waals surface area (Å²) in [5.74, 6) is -0.399. The van der Waals surface area contributed by atoms with Gasteiger partial charge in [-0.3, -0.25) is 25.0 Å². The highest BCUT2D eigenvalue weighted by Crippen LogP contribution is 2.29. The Morgan fingerprint density at radius 3 is 2.00 bits per heavy atom. The molecule has 1 saturated heterocycles. The number of carbonyl (C=O) groups is 1. The highest BCUT2D eigenvalue weighted by atomic mass is 19.4. The first-order chi connectivity index (χ1) is 14.5. The zero-order valence-electron chi connectivity index (χ0n) is 16.0. The Hall–Kier alpha value is -3.54. The fourth-order valence-electron chi connectivity index (χ4n) is 2.88. The summed E-state index contributed by atoms with van der Waals surface area (Å²) in [6.07, 6.45) is -2.57. The fraction of sp³-hybridized carbons (Fsp3) is 0.316. The van der Waals surface area contributed by atoms with Gasteiger partial charge in [0.2, 0.25) is 0 Å². The summed E-state index contributed by atoms with van der Waals surface area (Å²) >= 11 is 0. The first-order valence-corrected chi connectivity index (χ1v) is 9.03. The number of hydrogen-bond donors (Lipinski definition) is 1. The predicted octanol–water partition coefficient (Wildman–Crippen LogP) is 3.94. The van der Waals surface area contributed by atoms with Gasteiger partial charge in [-0.1, -0.05) is 12.1 Å². The predicted molar refractivity (Wildman–Crippen MR) is 102 cm³/mol. The van der Waals surface area contributed by atoms with E-state index in [4.69, 9.17) is 5.11 Å². The maximum absolute atomic E-state index is 12.1. The Morgan fingerprint density at radius 2 is 1.55 bits per heavy atom. The van der Waals surface area contributed by atoms with Crippen LogP contribution in [0, 0.1) is 20.2 Å². The first-order valence-electron chi connectivity index (χ1n) is 9.03. The van der Waals surface area contributed by atoms with Crippen molar-refractivity contribution in [1.82, 2.24) is 4.90 Å². The van der Waals surface area contributed by atoms with Crippen LogP contribution in [-0.2, 0) is 12.8 Å². The summed E-state index contributed by atoms with van der Waals surface area (Å²) in [7, 11) is 0. The van der Waals surface area contributed by atoms with Crippen LogP contribution < -0.4 is 0 Å². The number of nitro benzene ring substituents is 2. The molecule has 166 valence electrons. The molecule has 1 aliphatic heterocycles. The molecular weight excluding hydrogens is 423 g/mol. The average Bonchev–Trinajstić information content (AvgIpc) is 3.27. The number of amides is 1. The van der Waals surface area contributed by atoms with Crippen LogP contribution in [0.2, 0.25) is 0 Å². The van der Waals surface area contributed by atoms with E-state index >= 15 is 0 Å². The number of hydrogen-bond acceptors (Lipinski definition) is 6. The Balaban J connectivity index is 0.000000245. The van der Waals surface area contributed by atoms with Crippen molar-refractivity contribution in [2.45, 2.75) is 25.6 Å². The molecular formula is C19H18F3N3O6. The van der Waals surface area contributed by atoms with Gasteiger partial charge in [-0.05, 0) is 30.5 Å². The van der Waals surface area contributed by atoms with Gasteiger partial charge in [-0.15, -0.1) is 0 Å². The highest BCUT2D eigenvalue weighted by Gasteiger charge is 2.30. The number of halogens is 3. The van der Waals surface area contributed by atoms with E-state index in [0.29, 0.717) is 13.1 Å². The van der Waals surface area contributed by atoms with Crippen LogP contribution in [0.15, 0.2) is 42.5 Å². The van der Waals surface area contributed by atoms with Crippen molar-refractivity contribution in [3.05, 3.63) is 79.4 Å². The molecule has 9 nitrogen and oxygen atoms in total. The van der Waals surface area contributed by atoms with Crippen LogP contribution >= 0.6 is 0 Å². The molecule has 0 aromatic heterocycles. The quantitative estimate of drug-likeness (QED) is 0.566. The van der Waals surface area contributed by atoms with E-state index in [1.54, 1.807) is 4.90 Å². The topological polar surface area (TPSA) is 127 Å². The molecule has 0 atom stereocenters. The summed E-state index contributed by atoms with van der Waals surface area (Å²) < 4.78 is 36.1. The number of aliphatic hydroxyl groups excluding tert-OH is 1. The van der Waals surface area contributed by atoms with Gasteiger partial charge in [0.15, 0.2) is 0 Å². The number of alkyl halides is 3. The summed E-state index contributed by atoms with van der Waals surface area (Å²) in [5.41, 5.74) is -1.37. The van der Waals surface area contributed by atoms with E-state index in [1.165, 1.54) is 12.1 Å². The highest BCUT2D eigenvalue weighted by molar-refractivity contribution is 5.95. The van der Waals surface area contributed by atoms with Crippen LogP contribution in [0.4, 0.5) is 24.5 Å². The molecule has 2 aromatic carbocycles. The van der Waals surface area contributed by atoms with Crippen molar-refractivity contribution in [3.8, 4) is 0 Å². The van der Waals surface area contributed by atoms with Crippen molar-refractivity contribution in [1.29, 1.82) is 0 Å². The minimum Gasteiger partial charge on any atom is -0.392 e. The molecule has 0 aliphatic carbocycles. The van der Waals surface area contributed by atoms with Gasteiger partial charge in [-0.2, -0.15) is 13.2 Å². The second-order valence-electron chi connectivity index (χ2n) is 6.61. The number of nitro groups is 2. The van der Waals surface area contributed by atoms with Crippen molar-refractivity contribution >= 4 is 17.3 Å². The van der Waals surface area contributed by atoms with Crippen molar-refractivity contribution < 1.29 is 32.9 Å². The lowest BCUT2D eigenvalue weighted by Crippen LogP contribution is -2.27. The molecule has 2 aromatic rings. The van der Waals surface area contributed by atoms with Crippen LogP contribution in [0.25, 0.3) is 0 Å². The van der Waals surface area contributed by atoms with Crippen molar-refractivity contribution in [2.24, 2.45) is 0 Å². The van der Waals surface area contributed by atoms with Gasteiger partial charge < -0.3 is 10.0 Å². The van der Waals surface area contributed by atoms with Gasteiger partial charge >= 0.3 is 6.18 Å². The lowest BCUT2D eigenvalue weighted by Gasteiger charge is -2.14. The van der Waals surface area contributed by atoms with Crippen molar-refractivity contribution in [2.75, 3.05) is 13.1 Å². The Labute approximate surface area is 174 Å². The molecule has 1 amide bonds. The molecule has 1 N–H and O–H groups in total. The SMILES string of the molecule is O=C(c1cc([N+](=O)[O-])cc([N+](=O)[O-])c1)N1CCCC1.OCc1cccc(C(F)(F)F)c1. The van der Waals surface area contributed by atoms with E-state index in [9.17, 15) is 38.2 Å². The monoisotopic (exact) mass is 441 g/mol. The minimum atomic E-state index is -4.33. The van der Waals surface area contributed by atoms with E-state index in [1.807, 2.05) is 0 Å². The van der Waals surface area contributed by atoms with Gasteiger partial charge in [0, 0.05) is 25.2 Å².